The van der Waals surface area contributed by atoms with Crippen molar-refractivity contribution in [3.8, 4) is 0 Å². The van der Waals surface area contributed by atoms with Gasteiger partial charge in [0.15, 0.2) is 0 Å². The molecule has 1 unspecified atom stereocenters. The van der Waals surface area contributed by atoms with Gasteiger partial charge in [0.05, 0.1) is 6.61 Å². The zero-order valence-corrected chi connectivity index (χ0v) is 13.4. The molecule has 20 heavy (non-hydrogen) atoms. The molecule has 2 rings (SSSR count). The van der Waals surface area contributed by atoms with Crippen LogP contribution in [-0.4, -0.2) is 6.61 Å². The molecular formula is C14H15ClNO2PS. The molecule has 0 saturated carbocycles. The number of halogens is 1. The van der Waals surface area contributed by atoms with E-state index in [9.17, 15) is 4.57 Å². The highest BCUT2D eigenvalue weighted by molar-refractivity contribution is 8.57. The maximum Gasteiger partial charge on any atom is 0.355 e. The van der Waals surface area contributed by atoms with Crippen LogP contribution < -0.4 is 5.09 Å². The van der Waals surface area contributed by atoms with Gasteiger partial charge in [-0.3, -0.25) is 4.57 Å². The van der Waals surface area contributed by atoms with Gasteiger partial charge in [0, 0.05) is 15.6 Å². The van der Waals surface area contributed by atoms with E-state index in [2.05, 4.69) is 5.09 Å². The Morgan fingerprint density at radius 1 is 1.20 bits per heavy atom. The second kappa shape index (κ2) is 7.19. The lowest BCUT2D eigenvalue weighted by Gasteiger charge is -2.19. The minimum atomic E-state index is -3.07. The van der Waals surface area contributed by atoms with E-state index < -0.39 is 6.72 Å². The summed E-state index contributed by atoms with van der Waals surface area (Å²) >= 11 is 7.13. The Morgan fingerprint density at radius 3 is 2.60 bits per heavy atom. The summed E-state index contributed by atoms with van der Waals surface area (Å²) in [4.78, 5) is 0.888. The van der Waals surface area contributed by atoms with E-state index in [-0.39, 0.29) is 0 Å². The summed E-state index contributed by atoms with van der Waals surface area (Å²) in [5.41, 5.74) is 0.678. The number of benzene rings is 2. The molecule has 0 aliphatic carbocycles. The van der Waals surface area contributed by atoms with Crippen molar-refractivity contribution in [2.45, 2.75) is 11.8 Å². The van der Waals surface area contributed by atoms with E-state index in [0.717, 1.165) is 4.90 Å². The van der Waals surface area contributed by atoms with E-state index in [1.165, 1.54) is 11.4 Å². The van der Waals surface area contributed by atoms with Gasteiger partial charge in [0.2, 0.25) is 0 Å². The van der Waals surface area contributed by atoms with Crippen molar-refractivity contribution in [3.05, 3.63) is 59.6 Å². The SMILES string of the molecule is CCOP(=O)(Nc1cccc(Cl)c1)Sc1ccccc1. The molecule has 1 atom stereocenters. The first-order valence-corrected chi connectivity index (χ1v) is 9.57. The largest absolute Gasteiger partial charge is 0.355 e. The van der Waals surface area contributed by atoms with E-state index >= 15 is 0 Å². The Bertz CT molecular complexity index is 609. The van der Waals surface area contributed by atoms with Gasteiger partial charge in [-0.1, -0.05) is 35.9 Å². The zero-order chi connectivity index (χ0) is 14.4. The highest BCUT2D eigenvalue weighted by Crippen LogP contribution is 2.61. The van der Waals surface area contributed by atoms with Crippen LogP contribution in [0.4, 0.5) is 5.69 Å². The van der Waals surface area contributed by atoms with Crippen molar-refractivity contribution in [1.29, 1.82) is 0 Å². The summed E-state index contributed by atoms with van der Waals surface area (Å²) in [6.45, 7) is -0.892. The van der Waals surface area contributed by atoms with Crippen LogP contribution in [0.2, 0.25) is 5.02 Å². The minimum absolute atomic E-state index is 0.366. The average Bonchev–Trinajstić information content (AvgIpc) is 2.39. The van der Waals surface area contributed by atoms with Gasteiger partial charge in [-0.15, -0.1) is 0 Å². The van der Waals surface area contributed by atoms with Gasteiger partial charge in [-0.2, -0.15) is 0 Å². The Balaban J connectivity index is 2.19. The fraction of sp³-hybridized carbons (Fsp3) is 0.143. The van der Waals surface area contributed by atoms with Crippen LogP contribution in [0.1, 0.15) is 6.92 Å². The lowest BCUT2D eigenvalue weighted by Crippen LogP contribution is -1.98. The Kier molecular flexibility index (Phi) is 5.55. The molecule has 0 spiro atoms. The maximum absolute atomic E-state index is 12.8. The normalized spacial score (nSPS) is 13.7. The number of rotatable bonds is 6. The van der Waals surface area contributed by atoms with E-state index in [1.807, 2.05) is 43.3 Å². The summed E-state index contributed by atoms with van der Waals surface area (Å²) in [7, 11) is 0. The van der Waals surface area contributed by atoms with Crippen LogP contribution in [0.3, 0.4) is 0 Å². The minimum Gasteiger partial charge on any atom is -0.307 e. The molecule has 3 nitrogen and oxygen atoms in total. The molecule has 0 aromatic heterocycles. The summed E-state index contributed by atoms with van der Waals surface area (Å²) in [6, 6.07) is 16.6. The molecule has 0 fully saturated rings. The van der Waals surface area contributed by atoms with Crippen molar-refractivity contribution < 1.29 is 9.09 Å². The molecule has 0 amide bonds. The number of anilines is 1. The maximum atomic E-state index is 12.8. The van der Waals surface area contributed by atoms with Gasteiger partial charge >= 0.3 is 6.72 Å². The van der Waals surface area contributed by atoms with Crippen molar-refractivity contribution in [3.63, 3.8) is 0 Å². The molecule has 2 aromatic rings. The predicted octanol–water partition coefficient (Wildman–Crippen LogP) is 5.69. The average molecular weight is 328 g/mol. The van der Waals surface area contributed by atoms with Gasteiger partial charge in [0.1, 0.15) is 0 Å². The molecule has 0 aliphatic heterocycles. The fourth-order valence-corrected chi connectivity index (χ4v) is 5.42. The third-order valence-corrected chi connectivity index (χ3v) is 6.39. The molecule has 1 N–H and O–H groups in total. The lowest BCUT2D eigenvalue weighted by molar-refractivity contribution is 0.349. The van der Waals surface area contributed by atoms with Crippen LogP contribution in [0.15, 0.2) is 59.5 Å². The van der Waals surface area contributed by atoms with Crippen LogP contribution in [0.5, 0.6) is 0 Å². The number of nitrogens with one attached hydrogen (secondary N) is 1. The van der Waals surface area contributed by atoms with Crippen molar-refractivity contribution >= 4 is 35.4 Å². The van der Waals surface area contributed by atoms with Gasteiger partial charge in [-0.05, 0) is 48.6 Å². The zero-order valence-electron chi connectivity index (χ0n) is 11.0. The number of hydrogen-bond acceptors (Lipinski definition) is 3. The summed E-state index contributed by atoms with van der Waals surface area (Å²) in [5.74, 6) is 0. The summed E-state index contributed by atoms with van der Waals surface area (Å²) in [5, 5.41) is 3.54. The Hall–Kier alpha value is -0.930. The topological polar surface area (TPSA) is 38.3 Å². The Morgan fingerprint density at radius 2 is 1.95 bits per heavy atom. The van der Waals surface area contributed by atoms with E-state index in [0.29, 0.717) is 17.3 Å². The van der Waals surface area contributed by atoms with Gasteiger partial charge < -0.3 is 9.61 Å². The first-order valence-electron chi connectivity index (χ1n) is 6.14. The van der Waals surface area contributed by atoms with Crippen LogP contribution in [0.25, 0.3) is 0 Å². The molecule has 106 valence electrons. The molecule has 0 heterocycles. The third-order valence-electron chi connectivity index (χ3n) is 2.36. The monoisotopic (exact) mass is 327 g/mol. The van der Waals surface area contributed by atoms with E-state index in [4.69, 9.17) is 16.1 Å². The fourth-order valence-electron chi connectivity index (χ4n) is 1.59. The van der Waals surface area contributed by atoms with Crippen LogP contribution in [-0.2, 0) is 9.09 Å². The molecule has 6 heteroatoms. The first-order chi connectivity index (χ1) is 9.61. The smallest absolute Gasteiger partial charge is 0.307 e. The number of hydrogen-bond donors (Lipinski definition) is 1. The molecule has 0 saturated heterocycles. The third kappa shape index (κ3) is 4.57. The summed E-state index contributed by atoms with van der Waals surface area (Å²) in [6.07, 6.45) is 0. The highest BCUT2D eigenvalue weighted by Gasteiger charge is 2.24. The quantitative estimate of drug-likeness (QED) is 0.692. The van der Waals surface area contributed by atoms with E-state index in [1.54, 1.807) is 18.2 Å². The standard InChI is InChI=1S/C14H15ClNO2PS/c1-2-18-19(17,20-14-9-4-3-5-10-14)16-13-8-6-7-12(15)11-13/h3-11H,2H2,1H3,(H,16,17). The summed E-state index contributed by atoms with van der Waals surface area (Å²) < 4.78 is 18.3. The van der Waals surface area contributed by atoms with Crippen molar-refractivity contribution in [2.75, 3.05) is 11.7 Å². The molecule has 0 aliphatic rings. The predicted molar refractivity (Wildman–Crippen MR) is 86.6 cm³/mol. The van der Waals surface area contributed by atoms with Gasteiger partial charge in [-0.25, -0.2) is 0 Å². The van der Waals surface area contributed by atoms with Crippen LogP contribution >= 0.6 is 29.7 Å². The van der Waals surface area contributed by atoms with Gasteiger partial charge in [0.25, 0.3) is 0 Å². The van der Waals surface area contributed by atoms with Crippen LogP contribution in [0, 0.1) is 0 Å². The highest BCUT2D eigenvalue weighted by atomic mass is 35.5. The second-order valence-corrected chi connectivity index (χ2v) is 8.50. The van der Waals surface area contributed by atoms with Crippen molar-refractivity contribution in [2.24, 2.45) is 0 Å². The lowest BCUT2D eigenvalue weighted by atomic mass is 10.3. The molecule has 2 aromatic carbocycles. The molecule has 0 radical (unpaired) electrons. The van der Waals surface area contributed by atoms with Crippen molar-refractivity contribution in [1.82, 2.24) is 0 Å². The molecular weight excluding hydrogens is 313 g/mol. The Labute approximate surface area is 127 Å². The molecule has 0 bridgehead atoms. The first kappa shape index (κ1) is 15.5. The second-order valence-electron chi connectivity index (χ2n) is 3.94.